The summed E-state index contributed by atoms with van der Waals surface area (Å²) in [5.41, 5.74) is 1.93. The number of hydrogen-bond acceptors (Lipinski definition) is 6. The zero-order chi connectivity index (χ0) is 20.0. The minimum absolute atomic E-state index is 0.00345. The Hall–Kier alpha value is -3.10. The van der Waals surface area contributed by atoms with Crippen LogP contribution in [-0.2, 0) is 11.2 Å². The quantitative estimate of drug-likeness (QED) is 0.754. The summed E-state index contributed by atoms with van der Waals surface area (Å²) in [6, 6.07) is 12.8. The van der Waals surface area contributed by atoms with Crippen LogP contribution >= 0.6 is 23.4 Å². The number of carbonyl (C=O) groups is 1. The van der Waals surface area contributed by atoms with E-state index in [1.165, 1.54) is 16.8 Å². The Labute approximate surface area is 175 Å². The fourth-order valence-electron chi connectivity index (χ4n) is 3.05. The summed E-state index contributed by atoms with van der Waals surface area (Å²) in [6.45, 7) is 0.174. The van der Waals surface area contributed by atoms with Crippen molar-refractivity contribution < 1.29 is 14.3 Å². The summed E-state index contributed by atoms with van der Waals surface area (Å²) < 4.78 is 10.7. The molecule has 2 aromatic rings. The van der Waals surface area contributed by atoms with Crippen molar-refractivity contribution in [2.24, 2.45) is 10.1 Å². The molecule has 0 spiro atoms. The van der Waals surface area contributed by atoms with Crippen LogP contribution in [0.5, 0.6) is 11.5 Å². The first-order valence-electron chi connectivity index (χ1n) is 8.70. The van der Waals surface area contributed by atoms with E-state index < -0.39 is 5.91 Å². The number of thioether (sulfide) groups is 1. The first kappa shape index (κ1) is 18.0. The number of halogens is 1. The van der Waals surface area contributed by atoms with Crippen molar-refractivity contribution >= 4 is 51.4 Å². The zero-order valence-electron chi connectivity index (χ0n) is 14.9. The highest BCUT2D eigenvalue weighted by molar-refractivity contribution is 8.26. The number of amides is 1. The number of nitrogens with zero attached hydrogens (tertiary/aromatic N) is 3. The van der Waals surface area contributed by atoms with Gasteiger partial charge in [-0.25, -0.2) is 0 Å². The van der Waals surface area contributed by atoms with Crippen LogP contribution in [0.3, 0.4) is 0 Å². The van der Waals surface area contributed by atoms with Crippen molar-refractivity contribution in [2.45, 2.75) is 6.42 Å². The molecule has 1 N–H and O–H groups in total. The lowest BCUT2D eigenvalue weighted by molar-refractivity contribution is -0.114. The third-order valence-corrected chi connectivity index (χ3v) is 5.63. The Morgan fingerprint density at radius 2 is 1.97 bits per heavy atom. The number of ether oxygens (including phenoxy) is 2. The number of amidine groups is 2. The summed E-state index contributed by atoms with van der Waals surface area (Å²) in [5.74, 6) is 0.800. The Morgan fingerprint density at radius 1 is 1.17 bits per heavy atom. The van der Waals surface area contributed by atoms with Gasteiger partial charge in [0.25, 0.3) is 5.91 Å². The number of rotatable bonds is 3. The molecule has 0 fully saturated rings. The van der Waals surface area contributed by atoms with E-state index in [1.807, 2.05) is 24.3 Å². The molecule has 3 aliphatic rings. The molecule has 0 radical (unpaired) electrons. The van der Waals surface area contributed by atoms with Crippen molar-refractivity contribution in [3.63, 3.8) is 0 Å². The Bertz CT molecular complexity index is 1140. The number of fused-ring (bicyclic) bond motifs is 2. The molecule has 0 aromatic heterocycles. The van der Waals surface area contributed by atoms with Gasteiger partial charge in [-0.15, -0.1) is 0 Å². The average Bonchev–Trinajstić information content (AvgIpc) is 3.33. The Kier molecular flexibility index (Phi) is 4.37. The average molecular weight is 425 g/mol. The van der Waals surface area contributed by atoms with E-state index in [-0.39, 0.29) is 18.2 Å². The van der Waals surface area contributed by atoms with Crippen molar-refractivity contribution in [1.29, 1.82) is 5.41 Å². The molecule has 9 heteroatoms. The van der Waals surface area contributed by atoms with Crippen molar-refractivity contribution in [3.05, 3.63) is 64.2 Å². The van der Waals surface area contributed by atoms with E-state index >= 15 is 0 Å². The molecule has 29 heavy (non-hydrogen) atoms. The molecule has 2 aromatic carbocycles. The maximum Gasteiger partial charge on any atom is 0.283 e. The van der Waals surface area contributed by atoms with Gasteiger partial charge in [0.05, 0.1) is 5.57 Å². The lowest BCUT2D eigenvalue weighted by atomic mass is 10.1. The van der Waals surface area contributed by atoms with Gasteiger partial charge in [0, 0.05) is 11.4 Å². The van der Waals surface area contributed by atoms with Crippen LogP contribution in [0.2, 0.25) is 5.02 Å². The molecule has 0 aliphatic carbocycles. The van der Waals surface area contributed by atoms with Crippen LogP contribution in [0.4, 0.5) is 0 Å². The molecule has 3 aliphatic heterocycles. The molecule has 3 heterocycles. The maximum absolute atomic E-state index is 12.5. The molecule has 1 amide bonds. The zero-order valence-corrected chi connectivity index (χ0v) is 16.5. The fraction of sp³-hybridized carbons (Fsp3) is 0.100. The molecule has 0 bridgehead atoms. The van der Waals surface area contributed by atoms with Gasteiger partial charge in [0.15, 0.2) is 17.3 Å². The van der Waals surface area contributed by atoms with Crippen LogP contribution < -0.4 is 9.47 Å². The van der Waals surface area contributed by atoms with E-state index in [1.54, 1.807) is 24.3 Å². The largest absolute Gasteiger partial charge is 0.454 e. The predicted molar refractivity (Wildman–Crippen MR) is 113 cm³/mol. The molecule has 0 atom stereocenters. The first-order valence-corrected chi connectivity index (χ1v) is 9.89. The number of aliphatic imine (C=N–C) groups is 1. The maximum atomic E-state index is 12.5. The van der Waals surface area contributed by atoms with E-state index in [0.717, 1.165) is 16.2 Å². The minimum atomic E-state index is -0.464. The highest BCUT2D eigenvalue weighted by Gasteiger charge is 2.35. The minimum Gasteiger partial charge on any atom is -0.454 e. The van der Waals surface area contributed by atoms with Crippen molar-refractivity contribution in [3.8, 4) is 11.5 Å². The van der Waals surface area contributed by atoms with E-state index in [9.17, 15) is 4.79 Å². The normalized spacial score (nSPS) is 18.8. The topological polar surface area (TPSA) is 87.3 Å². The first-order chi connectivity index (χ1) is 14.1. The van der Waals surface area contributed by atoms with Gasteiger partial charge in [0.2, 0.25) is 12.0 Å². The molecule has 5 rings (SSSR count). The summed E-state index contributed by atoms with van der Waals surface area (Å²) in [7, 11) is 0. The number of carbonyl (C=O) groups excluding carboxylic acids is 1. The second-order valence-corrected chi connectivity index (χ2v) is 7.91. The molecule has 0 saturated heterocycles. The highest BCUT2D eigenvalue weighted by Crippen LogP contribution is 2.34. The monoisotopic (exact) mass is 424 g/mol. The third-order valence-electron chi connectivity index (χ3n) is 4.47. The van der Waals surface area contributed by atoms with Gasteiger partial charge in [0.1, 0.15) is 5.04 Å². The summed E-state index contributed by atoms with van der Waals surface area (Å²) in [6.07, 6.45) is 2.18. The van der Waals surface area contributed by atoms with Gasteiger partial charge < -0.3 is 9.47 Å². The number of benzene rings is 2. The number of hydrazone groups is 1. The van der Waals surface area contributed by atoms with Crippen LogP contribution in [0, 0.1) is 5.41 Å². The van der Waals surface area contributed by atoms with E-state index in [2.05, 4.69) is 10.1 Å². The lowest BCUT2D eigenvalue weighted by Crippen LogP contribution is -2.35. The molecule has 144 valence electrons. The van der Waals surface area contributed by atoms with Gasteiger partial charge in [-0.05, 0) is 53.2 Å². The number of nitrogens with one attached hydrogen (secondary N) is 1. The number of hydrogen-bond donors (Lipinski definition) is 1. The van der Waals surface area contributed by atoms with Crippen molar-refractivity contribution in [1.82, 2.24) is 5.01 Å². The molecule has 0 saturated carbocycles. The Morgan fingerprint density at radius 3 is 2.79 bits per heavy atom. The molecular formula is C20H13ClN4O3S. The molecule has 0 unspecified atom stereocenters. The van der Waals surface area contributed by atoms with Gasteiger partial charge >= 0.3 is 0 Å². The van der Waals surface area contributed by atoms with E-state index in [0.29, 0.717) is 28.1 Å². The van der Waals surface area contributed by atoms with Gasteiger partial charge in [-0.2, -0.15) is 15.1 Å². The third kappa shape index (κ3) is 3.41. The van der Waals surface area contributed by atoms with Crippen LogP contribution in [-0.4, -0.2) is 33.8 Å². The SMILES string of the molecule is N=C1/C(=C\c2ccc3c(c2)OCO3)C(=O)N=C2SC(Cc3ccc(Cl)cc3)=NN12. The predicted octanol–water partition coefficient (Wildman–Crippen LogP) is 3.93. The Balaban J connectivity index is 1.41. The highest BCUT2D eigenvalue weighted by atomic mass is 35.5. The second kappa shape index (κ2) is 7.06. The lowest BCUT2D eigenvalue weighted by Gasteiger charge is -2.20. The van der Waals surface area contributed by atoms with Crippen LogP contribution in [0.15, 0.2) is 58.1 Å². The van der Waals surface area contributed by atoms with Crippen molar-refractivity contribution in [2.75, 3.05) is 6.79 Å². The van der Waals surface area contributed by atoms with E-state index in [4.69, 9.17) is 26.5 Å². The molecule has 7 nitrogen and oxygen atoms in total. The smallest absolute Gasteiger partial charge is 0.283 e. The van der Waals surface area contributed by atoms with Gasteiger partial charge in [-0.1, -0.05) is 29.8 Å². The van der Waals surface area contributed by atoms with Crippen LogP contribution in [0.25, 0.3) is 6.08 Å². The summed E-state index contributed by atoms with van der Waals surface area (Å²) >= 11 is 7.22. The molecular weight excluding hydrogens is 412 g/mol. The standard InChI is InChI=1S/C20H13ClN4O3S/c21-13-4-1-11(2-5-13)9-17-24-25-18(22)14(19(26)23-20(25)29-17)7-12-3-6-15-16(8-12)28-10-27-15/h1-8,22H,9-10H2/b14-7+,22-18?. The summed E-state index contributed by atoms with van der Waals surface area (Å²) in [4.78, 5) is 16.6. The second-order valence-electron chi connectivity index (χ2n) is 6.43. The fourth-order valence-corrected chi connectivity index (χ4v) is 4.09. The van der Waals surface area contributed by atoms with Crippen LogP contribution in [0.1, 0.15) is 11.1 Å². The summed E-state index contributed by atoms with van der Waals surface area (Å²) in [5, 5.41) is 16.2. The van der Waals surface area contributed by atoms with Gasteiger partial charge in [-0.3, -0.25) is 10.2 Å².